The van der Waals surface area contributed by atoms with Gasteiger partial charge in [0.15, 0.2) is 0 Å². The largest absolute Gasteiger partial charge is 0.497 e. The van der Waals surface area contributed by atoms with Gasteiger partial charge in [0.2, 0.25) is 0 Å². The second kappa shape index (κ2) is 8.82. The van der Waals surface area contributed by atoms with E-state index in [2.05, 4.69) is 30.9 Å². The molecule has 0 spiro atoms. The Morgan fingerprint density at radius 2 is 1.70 bits per heavy atom. The summed E-state index contributed by atoms with van der Waals surface area (Å²) >= 11 is 0. The molecule has 114 valence electrons. The number of hydrogen-bond donors (Lipinski definition) is 1. The van der Waals surface area contributed by atoms with Crippen molar-refractivity contribution in [3.05, 3.63) is 23.8 Å². The van der Waals surface area contributed by atoms with Gasteiger partial charge in [0, 0.05) is 18.7 Å². The number of nitrogens with zero attached hydrogens (tertiary/aromatic N) is 1. The van der Waals surface area contributed by atoms with Gasteiger partial charge in [-0.15, -0.1) is 0 Å². The molecule has 0 saturated carbocycles. The molecule has 0 saturated heterocycles. The first-order valence-electron chi connectivity index (χ1n) is 7.37. The van der Waals surface area contributed by atoms with Gasteiger partial charge in [0.25, 0.3) is 0 Å². The zero-order chi connectivity index (χ0) is 15.0. The van der Waals surface area contributed by atoms with Gasteiger partial charge < -0.3 is 15.2 Å². The summed E-state index contributed by atoms with van der Waals surface area (Å²) in [4.78, 5) is 2.41. The summed E-state index contributed by atoms with van der Waals surface area (Å²) < 4.78 is 10.7. The molecule has 0 radical (unpaired) electrons. The lowest BCUT2D eigenvalue weighted by Gasteiger charge is -2.30. The second-order valence-corrected chi connectivity index (χ2v) is 4.88. The molecule has 0 aliphatic rings. The van der Waals surface area contributed by atoms with Crippen molar-refractivity contribution in [1.82, 2.24) is 4.90 Å². The lowest BCUT2D eigenvalue weighted by Crippen LogP contribution is -2.34. The summed E-state index contributed by atoms with van der Waals surface area (Å²) in [6.07, 6.45) is 2.38. The van der Waals surface area contributed by atoms with Crippen molar-refractivity contribution in [3.8, 4) is 11.5 Å². The average molecular weight is 280 g/mol. The van der Waals surface area contributed by atoms with Crippen LogP contribution in [0.3, 0.4) is 0 Å². The van der Waals surface area contributed by atoms with Crippen LogP contribution in [0.5, 0.6) is 11.5 Å². The number of unbranched alkanes of at least 4 members (excludes halogenated alkanes) is 1. The van der Waals surface area contributed by atoms with Gasteiger partial charge in [-0.2, -0.15) is 0 Å². The smallest absolute Gasteiger partial charge is 0.122 e. The van der Waals surface area contributed by atoms with E-state index < -0.39 is 0 Å². The summed E-state index contributed by atoms with van der Waals surface area (Å²) in [6.45, 7) is 7.03. The molecule has 2 N–H and O–H groups in total. The average Bonchev–Trinajstić information content (AvgIpc) is 2.50. The highest BCUT2D eigenvalue weighted by Crippen LogP contribution is 2.29. The highest BCUT2D eigenvalue weighted by molar-refractivity contribution is 5.40. The minimum absolute atomic E-state index is 0.204. The third kappa shape index (κ3) is 4.39. The van der Waals surface area contributed by atoms with Crippen molar-refractivity contribution < 1.29 is 9.47 Å². The van der Waals surface area contributed by atoms with E-state index in [9.17, 15) is 0 Å². The Labute approximate surface area is 122 Å². The molecule has 1 unspecified atom stereocenters. The minimum atomic E-state index is 0.204. The number of hydrogen-bond acceptors (Lipinski definition) is 4. The Bertz CT molecular complexity index is 374. The predicted octanol–water partition coefficient (Wildman–Crippen LogP) is 2.83. The summed E-state index contributed by atoms with van der Waals surface area (Å²) in [5, 5.41) is 0. The molecule has 1 rings (SSSR count). The molecule has 0 amide bonds. The predicted molar refractivity (Wildman–Crippen MR) is 83.5 cm³/mol. The van der Waals surface area contributed by atoms with Gasteiger partial charge in [-0.1, -0.05) is 20.3 Å². The first kappa shape index (κ1) is 16.8. The standard InChI is InChI=1S/C16H28N2O2/c1-5-7-8-18(6-2)16(12-17)13-9-14(19-3)11-15(10-13)20-4/h9-11,16H,5-8,12,17H2,1-4H3. The summed E-state index contributed by atoms with van der Waals surface area (Å²) in [5.41, 5.74) is 7.17. The van der Waals surface area contributed by atoms with Crippen LogP contribution in [0, 0.1) is 0 Å². The molecule has 4 nitrogen and oxygen atoms in total. The topological polar surface area (TPSA) is 47.7 Å². The third-order valence-corrected chi connectivity index (χ3v) is 3.63. The molecule has 1 aromatic rings. The Morgan fingerprint density at radius 1 is 1.10 bits per heavy atom. The van der Waals surface area contributed by atoms with Crippen LogP contribution < -0.4 is 15.2 Å². The lowest BCUT2D eigenvalue weighted by molar-refractivity contribution is 0.208. The number of methoxy groups -OCH3 is 2. The first-order valence-corrected chi connectivity index (χ1v) is 7.37. The van der Waals surface area contributed by atoms with Crippen LogP contribution in [0.4, 0.5) is 0 Å². The maximum atomic E-state index is 6.01. The minimum Gasteiger partial charge on any atom is -0.497 e. The van der Waals surface area contributed by atoms with Crippen molar-refractivity contribution >= 4 is 0 Å². The summed E-state index contributed by atoms with van der Waals surface area (Å²) in [5.74, 6) is 1.62. The molecule has 0 heterocycles. The van der Waals surface area contributed by atoms with Crippen molar-refractivity contribution in [2.45, 2.75) is 32.7 Å². The van der Waals surface area contributed by atoms with E-state index in [1.165, 1.54) is 12.8 Å². The zero-order valence-corrected chi connectivity index (χ0v) is 13.2. The Balaban J connectivity index is 3.02. The van der Waals surface area contributed by atoms with Gasteiger partial charge >= 0.3 is 0 Å². The molecule has 0 aromatic heterocycles. The van der Waals surface area contributed by atoms with Crippen LogP contribution in [0.25, 0.3) is 0 Å². The highest BCUT2D eigenvalue weighted by atomic mass is 16.5. The molecule has 4 heteroatoms. The number of rotatable bonds is 9. The second-order valence-electron chi connectivity index (χ2n) is 4.88. The number of benzene rings is 1. The van der Waals surface area contributed by atoms with E-state index in [0.29, 0.717) is 6.54 Å². The van der Waals surface area contributed by atoms with Crippen LogP contribution in [-0.4, -0.2) is 38.8 Å². The molecule has 1 atom stereocenters. The normalized spacial score (nSPS) is 12.5. The van der Waals surface area contributed by atoms with Crippen molar-refractivity contribution in [2.75, 3.05) is 33.9 Å². The number of likely N-dealkylation sites (N-methyl/N-ethyl adjacent to an activating group) is 1. The molecular formula is C16H28N2O2. The molecule has 0 fully saturated rings. The first-order chi connectivity index (χ1) is 9.69. The van der Waals surface area contributed by atoms with E-state index in [-0.39, 0.29) is 6.04 Å². The van der Waals surface area contributed by atoms with Gasteiger partial charge in [-0.3, -0.25) is 4.90 Å². The van der Waals surface area contributed by atoms with Crippen LogP contribution in [0.15, 0.2) is 18.2 Å². The maximum Gasteiger partial charge on any atom is 0.122 e. The monoisotopic (exact) mass is 280 g/mol. The van der Waals surface area contributed by atoms with Crippen LogP contribution in [0.1, 0.15) is 38.3 Å². The SMILES string of the molecule is CCCCN(CC)C(CN)c1cc(OC)cc(OC)c1. The Kier molecular flexibility index (Phi) is 7.41. The maximum absolute atomic E-state index is 6.01. The lowest BCUT2D eigenvalue weighted by atomic mass is 10.0. The molecule has 1 aromatic carbocycles. The molecule has 20 heavy (non-hydrogen) atoms. The number of ether oxygens (including phenoxy) is 2. The van der Waals surface area contributed by atoms with Crippen molar-refractivity contribution in [3.63, 3.8) is 0 Å². The summed E-state index contributed by atoms with van der Waals surface area (Å²) in [7, 11) is 3.34. The molecule has 0 bridgehead atoms. The van der Waals surface area contributed by atoms with Crippen molar-refractivity contribution in [1.29, 1.82) is 0 Å². The molecule has 0 aliphatic carbocycles. The van der Waals surface area contributed by atoms with Gasteiger partial charge in [-0.05, 0) is 37.2 Å². The number of nitrogens with two attached hydrogens (primary N) is 1. The quantitative estimate of drug-likeness (QED) is 0.755. The zero-order valence-electron chi connectivity index (χ0n) is 13.2. The fourth-order valence-corrected chi connectivity index (χ4v) is 2.41. The van der Waals surface area contributed by atoms with Crippen LogP contribution in [-0.2, 0) is 0 Å². The van der Waals surface area contributed by atoms with Gasteiger partial charge in [0.05, 0.1) is 14.2 Å². The fourth-order valence-electron chi connectivity index (χ4n) is 2.41. The van der Waals surface area contributed by atoms with E-state index >= 15 is 0 Å². The van der Waals surface area contributed by atoms with E-state index in [4.69, 9.17) is 15.2 Å². The van der Waals surface area contributed by atoms with Crippen LogP contribution >= 0.6 is 0 Å². The van der Waals surface area contributed by atoms with Crippen molar-refractivity contribution in [2.24, 2.45) is 5.73 Å². The summed E-state index contributed by atoms with van der Waals surface area (Å²) in [6, 6.07) is 6.19. The Morgan fingerprint density at radius 3 is 2.10 bits per heavy atom. The van der Waals surface area contributed by atoms with E-state index in [0.717, 1.165) is 30.2 Å². The molecule has 0 aliphatic heterocycles. The van der Waals surface area contributed by atoms with Gasteiger partial charge in [-0.25, -0.2) is 0 Å². The Hall–Kier alpha value is -1.26. The van der Waals surface area contributed by atoms with Gasteiger partial charge in [0.1, 0.15) is 11.5 Å². The van der Waals surface area contributed by atoms with E-state index in [1.807, 2.05) is 6.07 Å². The van der Waals surface area contributed by atoms with E-state index in [1.54, 1.807) is 14.2 Å². The molecular weight excluding hydrogens is 252 g/mol. The van der Waals surface area contributed by atoms with Crippen LogP contribution in [0.2, 0.25) is 0 Å². The fraction of sp³-hybridized carbons (Fsp3) is 0.625. The third-order valence-electron chi connectivity index (χ3n) is 3.63. The highest BCUT2D eigenvalue weighted by Gasteiger charge is 2.18.